The van der Waals surface area contributed by atoms with Crippen LogP contribution in [0.1, 0.15) is 20.8 Å². The first-order valence-corrected chi connectivity index (χ1v) is 3.19. The minimum Gasteiger partial charge on any atom is -0.459 e. The lowest BCUT2D eigenvalue weighted by Gasteiger charge is -2.22. The highest BCUT2D eigenvalue weighted by atomic mass is 16.6. The van der Waals surface area contributed by atoms with Crippen LogP contribution in [0.15, 0.2) is 0 Å². The summed E-state index contributed by atoms with van der Waals surface area (Å²) in [6.45, 7) is 3.86. The third kappa shape index (κ3) is 3.13. The Balaban J connectivity index is 4.11. The molecule has 0 aliphatic rings. The molecule has 0 saturated heterocycles. The molecule has 2 unspecified atom stereocenters. The van der Waals surface area contributed by atoms with E-state index in [0.717, 1.165) is 0 Å². The summed E-state index contributed by atoms with van der Waals surface area (Å²) in [5.74, 6) is -0.534. The van der Waals surface area contributed by atoms with Gasteiger partial charge < -0.3 is 9.84 Å². The minimum atomic E-state index is -1.72. The Kier molecular flexibility index (Phi) is 3.19. The third-order valence-corrected chi connectivity index (χ3v) is 1.34. The third-order valence-electron chi connectivity index (χ3n) is 1.34. The highest BCUT2D eigenvalue weighted by molar-refractivity contribution is 5.68. The van der Waals surface area contributed by atoms with Crippen molar-refractivity contribution in [2.45, 2.75) is 32.5 Å². The van der Waals surface area contributed by atoms with Gasteiger partial charge in [-0.3, -0.25) is 9.59 Å². The van der Waals surface area contributed by atoms with Crippen molar-refractivity contribution in [3.63, 3.8) is 0 Å². The van der Waals surface area contributed by atoms with Crippen LogP contribution in [-0.2, 0) is 14.3 Å². The van der Waals surface area contributed by atoms with Gasteiger partial charge in [-0.05, 0) is 13.8 Å². The van der Waals surface area contributed by atoms with Crippen molar-refractivity contribution in [3.8, 4) is 0 Å². The number of ether oxygens (including phenoxy) is 1. The Morgan fingerprint density at radius 3 is 2.45 bits per heavy atom. The first-order chi connectivity index (χ1) is 4.90. The zero-order valence-corrected chi connectivity index (χ0v) is 6.75. The molecule has 0 rings (SSSR count). The second kappa shape index (κ2) is 3.48. The van der Waals surface area contributed by atoms with Crippen LogP contribution >= 0.6 is 0 Å². The van der Waals surface area contributed by atoms with Gasteiger partial charge in [0, 0.05) is 6.92 Å². The molecular weight excluding hydrogens is 148 g/mol. The summed E-state index contributed by atoms with van der Waals surface area (Å²) >= 11 is 0. The van der Waals surface area contributed by atoms with Gasteiger partial charge >= 0.3 is 5.97 Å². The maximum absolute atomic E-state index is 10.4. The molecule has 4 heteroatoms. The molecule has 2 atom stereocenters. The van der Waals surface area contributed by atoms with Gasteiger partial charge in [-0.1, -0.05) is 0 Å². The molecule has 0 aliphatic heterocycles. The van der Waals surface area contributed by atoms with Crippen molar-refractivity contribution < 1.29 is 19.4 Å². The molecule has 0 bridgehead atoms. The van der Waals surface area contributed by atoms with Crippen LogP contribution in [0.4, 0.5) is 0 Å². The van der Waals surface area contributed by atoms with Gasteiger partial charge in [0.1, 0.15) is 6.10 Å². The van der Waals surface area contributed by atoms with E-state index in [1.807, 2.05) is 0 Å². The maximum Gasteiger partial charge on any atom is 0.303 e. The van der Waals surface area contributed by atoms with Gasteiger partial charge in [-0.25, -0.2) is 0 Å². The molecule has 0 aromatic rings. The second-order valence-corrected chi connectivity index (χ2v) is 2.50. The molecule has 4 nitrogen and oxygen atoms in total. The summed E-state index contributed by atoms with van der Waals surface area (Å²) in [4.78, 5) is 20.4. The SMILES string of the molecule is CC(=O)OC(C)C(C)(O)[C]=O. The van der Waals surface area contributed by atoms with E-state index in [0.29, 0.717) is 0 Å². The van der Waals surface area contributed by atoms with Crippen molar-refractivity contribution in [2.75, 3.05) is 0 Å². The van der Waals surface area contributed by atoms with Crippen molar-refractivity contribution >= 4 is 12.3 Å². The first kappa shape index (κ1) is 10.1. The van der Waals surface area contributed by atoms with Gasteiger partial charge in [-0.2, -0.15) is 0 Å². The fourth-order valence-corrected chi connectivity index (χ4v) is 0.447. The van der Waals surface area contributed by atoms with Crippen LogP contribution in [-0.4, -0.2) is 29.1 Å². The Hall–Kier alpha value is -0.900. The van der Waals surface area contributed by atoms with Crippen molar-refractivity contribution in [3.05, 3.63) is 0 Å². The molecule has 0 amide bonds. The van der Waals surface area contributed by atoms with Crippen molar-refractivity contribution in [1.29, 1.82) is 0 Å². The van der Waals surface area contributed by atoms with E-state index in [1.165, 1.54) is 27.1 Å². The fourth-order valence-electron chi connectivity index (χ4n) is 0.447. The van der Waals surface area contributed by atoms with Crippen molar-refractivity contribution in [1.82, 2.24) is 0 Å². The van der Waals surface area contributed by atoms with Crippen LogP contribution in [0.2, 0.25) is 0 Å². The van der Waals surface area contributed by atoms with Crippen LogP contribution in [0.25, 0.3) is 0 Å². The molecule has 0 fully saturated rings. The number of hydrogen-bond acceptors (Lipinski definition) is 4. The van der Waals surface area contributed by atoms with Crippen LogP contribution in [0.3, 0.4) is 0 Å². The summed E-state index contributed by atoms with van der Waals surface area (Å²) in [6.07, 6.45) is 0.511. The van der Waals surface area contributed by atoms with E-state index in [4.69, 9.17) is 5.11 Å². The molecule has 0 aliphatic carbocycles. The van der Waals surface area contributed by atoms with Gasteiger partial charge in [0.2, 0.25) is 6.29 Å². The number of aliphatic hydroxyl groups is 1. The zero-order chi connectivity index (χ0) is 9.07. The molecular formula is C7H11O4. The number of esters is 1. The lowest BCUT2D eigenvalue weighted by atomic mass is 10.0. The molecule has 0 spiro atoms. The van der Waals surface area contributed by atoms with E-state index in [9.17, 15) is 9.59 Å². The Morgan fingerprint density at radius 2 is 2.18 bits per heavy atom. The highest BCUT2D eigenvalue weighted by Gasteiger charge is 2.31. The summed E-state index contributed by atoms with van der Waals surface area (Å²) in [5, 5.41) is 9.14. The average molecular weight is 159 g/mol. The van der Waals surface area contributed by atoms with E-state index < -0.39 is 17.7 Å². The lowest BCUT2D eigenvalue weighted by Crippen LogP contribution is -2.41. The van der Waals surface area contributed by atoms with Crippen LogP contribution in [0, 0.1) is 0 Å². The van der Waals surface area contributed by atoms with Gasteiger partial charge in [0.25, 0.3) is 0 Å². The summed E-state index contributed by atoms with van der Waals surface area (Å²) in [7, 11) is 0. The van der Waals surface area contributed by atoms with Crippen molar-refractivity contribution in [2.24, 2.45) is 0 Å². The highest BCUT2D eigenvalue weighted by Crippen LogP contribution is 2.09. The maximum atomic E-state index is 10.4. The van der Waals surface area contributed by atoms with Gasteiger partial charge in [0.05, 0.1) is 0 Å². The predicted octanol–water partition coefficient (Wildman–Crippen LogP) is -0.201. The molecule has 0 saturated carbocycles. The number of hydrogen-bond donors (Lipinski definition) is 1. The standard InChI is InChI=1S/C7H11O4/c1-5(11-6(2)9)7(3,10)4-8/h5,10H,1-3H3. The quantitative estimate of drug-likeness (QED) is 0.579. The number of rotatable bonds is 3. The van der Waals surface area contributed by atoms with E-state index in [1.54, 1.807) is 0 Å². The van der Waals surface area contributed by atoms with Gasteiger partial charge in [-0.15, -0.1) is 0 Å². The summed E-state index contributed by atoms with van der Waals surface area (Å²) in [6, 6.07) is 0. The molecule has 0 aromatic heterocycles. The van der Waals surface area contributed by atoms with Crippen LogP contribution < -0.4 is 0 Å². The minimum absolute atomic E-state index is 0.534. The molecule has 1 radical (unpaired) electrons. The first-order valence-electron chi connectivity index (χ1n) is 3.19. The fraction of sp³-hybridized carbons (Fsp3) is 0.714. The molecule has 0 heterocycles. The normalized spacial score (nSPS) is 18.2. The van der Waals surface area contributed by atoms with E-state index in [-0.39, 0.29) is 0 Å². The molecule has 11 heavy (non-hydrogen) atoms. The molecule has 1 N–H and O–H groups in total. The molecule has 0 aromatic carbocycles. The summed E-state index contributed by atoms with van der Waals surface area (Å²) < 4.78 is 4.55. The van der Waals surface area contributed by atoms with Crippen LogP contribution in [0.5, 0.6) is 0 Å². The second-order valence-electron chi connectivity index (χ2n) is 2.50. The van der Waals surface area contributed by atoms with E-state index >= 15 is 0 Å². The molecule has 63 valence electrons. The Labute approximate surface area is 65.2 Å². The summed E-state index contributed by atoms with van der Waals surface area (Å²) in [5.41, 5.74) is -1.72. The zero-order valence-electron chi connectivity index (χ0n) is 6.75. The number of carbonyl (C=O) groups excluding carboxylic acids is 2. The monoisotopic (exact) mass is 159 g/mol. The average Bonchev–Trinajstić information content (AvgIpc) is 1.86. The lowest BCUT2D eigenvalue weighted by molar-refractivity contribution is -0.153. The Morgan fingerprint density at radius 1 is 1.73 bits per heavy atom. The van der Waals surface area contributed by atoms with E-state index in [2.05, 4.69) is 4.74 Å². The topological polar surface area (TPSA) is 63.6 Å². The Bertz CT molecular complexity index is 162. The smallest absolute Gasteiger partial charge is 0.303 e. The predicted molar refractivity (Wildman–Crippen MR) is 37.5 cm³/mol. The largest absolute Gasteiger partial charge is 0.459 e. The van der Waals surface area contributed by atoms with Gasteiger partial charge in [0.15, 0.2) is 5.60 Å². The number of carbonyl (C=O) groups is 1.